The highest BCUT2D eigenvalue weighted by Crippen LogP contribution is 2.10. The van der Waals surface area contributed by atoms with Crippen LogP contribution in [-0.2, 0) is 21.3 Å². The number of aliphatic imine (C=N–C) groups is 1. The lowest BCUT2D eigenvalue weighted by atomic mass is 10.3. The highest BCUT2D eigenvalue weighted by Gasteiger charge is 2.28. The average molecular weight is 577 g/mol. The van der Waals surface area contributed by atoms with Crippen molar-refractivity contribution < 1.29 is 13.2 Å². The molecule has 0 atom stereocenters. The van der Waals surface area contributed by atoms with Crippen LogP contribution in [-0.4, -0.2) is 85.1 Å². The molecule has 0 radical (unpaired) electrons. The monoisotopic (exact) mass is 576 g/mol. The molecule has 2 heterocycles. The van der Waals surface area contributed by atoms with Crippen LogP contribution >= 0.6 is 24.0 Å². The first-order chi connectivity index (χ1) is 14.9. The van der Waals surface area contributed by atoms with Gasteiger partial charge in [-0.15, -0.1) is 24.0 Å². The molecular formula is C21H33IN6O3S. The molecule has 178 valence electrons. The summed E-state index contributed by atoms with van der Waals surface area (Å²) < 4.78 is 33.8. The van der Waals surface area contributed by atoms with Gasteiger partial charge < -0.3 is 15.0 Å². The van der Waals surface area contributed by atoms with Crippen molar-refractivity contribution in [1.29, 1.82) is 0 Å². The summed E-state index contributed by atoms with van der Waals surface area (Å²) in [6.45, 7) is 6.67. The van der Waals surface area contributed by atoms with Gasteiger partial charge in [0.1, 0.15) is 0 Å². The highest BCUT2D eigenvalue weighted by molar-refractivity contribution is 14.0. The van der Waals surface area contributed by atoms with Gasteiger partial charge in [0.05, 0.1) is 30.3 Å². The van der Waals surface area contributed by atoms with E-state index in [9.17, 15) is 8.42 Å². The number of ether oxygens (including phenoxy) is 1. The van der Waals surface area contributed by atoms with E-state index in [-0.39, 0.29) is 42.4 Å². The number of guanidine groups is 1. The van der Waals surface area contributed by atoms with E-state index in [0.29, 0.717) is 32.7 Å². The Balaban J connectivity index is 0.00000363. The molecule has 0 unspecified atom stereocenters. The molecule has 0 aliphatic carbocycles. The van der Waals surface area contributed by atoms with Crippen LogP contribution in [0.5, 0.6) is 0 Å². The van der Waals surface area contributed by atoms with Gasteiger partial charge >= 0.3 is 0 Å². The Kier molecular flexibility index (Phi) is 10.4. The second-order valence-corrected chi connectivity index (χ2v) is 9.74. The summed E-state index contributed by atoms with van der Waals surface area (Å²) in [4.78, 5) is 6.45. The van der Waals surface area contributed by atoms with Crippen molar-refractivity contribution in [2.24, 2.45) is 4.99 Å². The van der Waals surface area contributed by atoms with Crippen LogP contribution in [0, 0.1) is 0 Å². The Bertz CT molecular complexity index is 957. The third-order valence-corrected chi connectivity index (χ3v) is 6.88. The minimum Gasteiger partial charge on any atom is -0.378 e. The van der Waals surface area contributed by atoms with E-state index in [4.69, 9.17) is 4.74 Å². The minimum atomic E-state index is -3.30. The van der Waals surface area contributed by atoms with Crippen LogP contribution in [0.2, 0.25) is 0 Å². The molecule has 1 saturated heterocycles. The fourth-order valence-corrected chi connectivity index (χ4v) is 4.67. The molecule has 1 aromatic carbocycles. The summed E-state index contributed by atoms with van der Waals surface area (Å²) in [5.41, 5.74) is 2.05. The van der Waals surface area contributed by atoms with E-state index in [1.54, 1.807) is 11.4 Å². The molecular weight excluding hydrogens is 543 g/mol. The topological polar surface area (TPSA) is 92.1 Å². The Morgan fingerprint density at radius 3 is 2.50 bits per heavy atom. The lowest BCUT2D eigenvalue weighted by molar-refractivity contribution is 0.0904. The first kappa shape index (κ1) is 26.6. The number of aromatic nitrogens is 2. The summed E-state index contributed by atoms with van der Waals surface area (Å²) in [5, 5.41) is 7.77. The molecule has 1 aromatic heterocycles. The third kappa shape index (κ3) is 7.42. The van der Waals surface area contributed by atoms with E-state index in [0.717, 1.165) is 17.2 Å². The Hall–Kier alpha value is -1.70. The predicted molar refractivity (Wildman–Crippen MR) is 137 cm³/mol. The van der Waals surface area contributed by atoms with Crippen LogP contribution in [0.3, 0.4) is 0 Å². The van der Waals surface area contributed by atoms with Crippen LogP contribution in [0.1, 0.15) is 19.4 Å². The number of rotatable bonds is 8. The van der Waals surface area contributed by atoms with E-state index < -0.39 is 10.0 Å². The number of nitrogens with zero attached hydrogens (tertiary/aromatic N) is 5. The number of para-hydroxylation sites is 1. The molecule has 0 amide bonds. The molecule has 0 spiro atoms. The van der Waals surface area contributed by atoms with Crippen LogP contribution < -0.4 is 5.32 Å². The second-order valence-electron chi connectivity index (χ2n) is 7.65. The van der Waals surface area contributed by atoms with Gasteiger partial charge in [-0.25, -0.2) is 13.1 Å². The summed E-state index contributed by atoms with van der Waals surface area (Å²) in [6, 6.07) is 9.95. The number of sulfonamides is 1. The fraction of sp³-hybridized carbons (Fsp3) is 0.524. The zero-order valence-corrected chi connectivity index (χ0v) is 22.0. The molecule has 9 nitrogen and oxygen atoms in total. The fourth-order valence-electron chi connectivity index (χ4n) is 3.38. The molecule has 1 fully saturated rings. The molecule has 3 rings (SSSR count). The number of piperazine rings is 1. The van der Waals surface area contributed by atoms with E-state index in [2.05, 4.69) is 20.3 Å². The first-order valence-electron chi connectivity index (χ1n) is 10.5. The Morgan fingerprint density at radius 1 is 1.19 bits per heavy atom. The summed E-state index contributed by atoms with van der Waals surface area (Å²) >= 11 is 0. The van der Waals surface area contributed by atoms with Crippen molar-refractivity contribution >= 4 is 40.0 Å². The SMILES string of the molecule is CN=C(NCc1cnn(-c2ccccc2)c1)N1CCN(S(=O)(=O)CCOC(C)C)CC1.I. The minimum absolute atomic E-state index is 0. The van der Waals surface area contributed by atoms with Gasteiger partial charge in [0.15, 0.2) is 5.96 Å². The van der Waals surface area contributed by atoms with Crippen molar-refractivity contribution in [3.63, 3.8) is 0 Å². The third-order valence-electron chi connectivity index (χ3n) is 5.04. The summed E-state index contributed by atoms with van der Waals surface area (Å²) in [5.74, 6) is 0.775. The highest BCUT2D eigenvalue weighted by atomic mass is 127. The molecule has 11 heteroatoms. The molecule has 1 aliphatic heterocycles. The van der Waals surface area contributed by atoms with Gasteiger partial charge in [-0.2, -0.15) is 9.40 Å². The predicted octanol–water partition coefficient (Wildman–Crippen LogP) is 1.94. The smallest absolute Gasteiger partial charge is 0.216 e. The maximum absolute atomic E-state index is 12.5. The summed E-state index contributed by atoms with van der Waals surface area (Å²) in [7, 11) is -1.57. The largest absolute Gasteiger partial charge is 0.378 e. The van der Waals surface area contributed by atoms with Crippen molar-refractivity contribution in [3.8, 4) is 5.69 Å². The zero-order valence-electron chi connectivity index (χ0n) is 18.8. The Labute approximate surface area is 207 Å². The van der Waals surface area contributed by atoms with E-state index in [1.165, 1.54) is 0 Å². The molecule has 1 aliphatic rings. The summed E-state index contributed by atoms with van der Waals surface area (Å²) in [6.07, 6.45) is 3.84. The average Bonchev–Trinajstić information content (AvgIpc) is 3.24. The lowest BCUT2D eigenvalue weighted by Gasteiger charge is -2.35. The lowest BCUT2D eigenvalue weighted by Crippen LogP contribution is -2.54. The first-order valence-corrected chi connectivity index (χ1v) is 12.1. The van der Waals surface area contributed by atoms with Crippen LogP contribution in [0.25, 0.3) is 5.69 Å². The normalized spacial score (nSPS) is 15.6. The Morgan fingerprint density at radius 2 is 1.88 bits per heavy atom. The molecule has 32 heavy (non-hydrogen) atoms. The number of hydrogen-bond donors (Lipinski definition) is 1. The van der Waals surface area contributed by atoms with Crippen molar-refractivity contribution in [1.82, 2.24) is 24.3 Å². The van der Waals surface area contributed by atoms with Crippen molar-refractivity contribution in [2.75, 3.05) is 45.6 Å². The molecule has 2 aromatic rings. The van der Waals surface area contributed by atoms with Crippen molar-refractivity contribution in [2.45, 2.75) is 26.5 Å². The van der Waals surface area contributed by atoms with Gasteiger partial charge in [-0.3, -0.25) is 4.99 Å². The van der Waals surface area contributed by atoms with Gasteiger partial charge in [0.2, 0.25) is 10.0 Å². The van der Waals surface area contributed by atoms with E-state index >= 15 is 0 Å². The van der Waals surface area contributed by atoms with Crippen LogP contribution in [0.4, 0.5) is 0 Å². The van der Waals surface area contributed by atoms with Gasteiger partial charge in [0.25, 0.3) is 0 Å². The maximum atomic E-state index is 12.5. The molecule has 0 saturated carbocycles. The number of benzene rings is 1. The van der Waals surface area contributed by atoms with Crippen LogP contribution in [0.15, 0.2) is 47.7 Å². The number of halogens is 1. The second kappa shape index (κ2) is 12.5. The number of hydrogen-bond acceptors (Lipinski definition) is 5. The maximum Gasteiger partial charge on any atom is 0.216 e. The van der Waals surface area contributed by atoms with Gasteiger partial charge in [-0.05, 0) is 26.0 Å². The number of nitrogens with one attached hydrogen (secondary N) is 1. The standard InChI is InChI=1S/C21H32N6O3S.HI/c1-18(2)30-13-14-31(28,29)26-11-9-25(10-12-26)21(22-3)23-15-19-16-24-27(17-19)20-7-5-4-6-8-20;/h4-8,16-18H,9-15H2,1-3H3,(H,22,23);1H. The van der Waals surface area contributed by atoms with Gasteiger partial charge in [0, 0.05) is 51.5 Å². The van der Waals surface area contributed by atoms with E-state index in [1.807, 2.05) is 61.3 Å². The van der Waals surface area contributed by atoms with Gasteiger partial charge in [-0.1, -0.05) is 18.2 Å². The molecule has 0 bridgehead atoms. The zero-order chi connectivity index (χ0) is 22.3. The van der Waals surface area contributed by atoms with Crippen molar-refractivity contribution in [3.05, 3.63) is 48.3 Å². The quantitative estimate of drug-likeness (QED) is 0.294. The molecule has 1 N–H and O–H groups in total.